The van der Waals surface area contributed by atoms with Crippen molar-refractivity contribution in [1.82, 2.24) is 14.8 Å². The van der Waals surface area contributed by atoms with Crippen LogP contribution in [0.15, 0.2) is 30.5 Å². The summed E-state index contributed by atoms with van der Waals surface area (Å²) in [6.45, 7) is 5.22. The number of hydrogen-bond donors (Lipinski definition) is 2. The lowest BCUT2D eigenvalue weighted by atomic mass is 9.75. The number of aromatic nitrogens is 1. The number of fused-ring (bicyclic) bond motifs is 2. The highest BCUT2D eigenvalue weighted by Gasteiger charge is 2.68. The van der Waals surface area contributed by atoms with E-state index in [2.05, 4.69) is 5.32 Å². The minimum atomic E-state index is -1.56. The molecule has 0 saturated carbocycles. The number of nitrogens with zero attached hydrogens (tertiary/aromatic N) is 2. The number of carboxylic acids is 1. The molecule has 2 amide bonds. The van der Waals surface area contributed by atoms with Crippen LogP contribution in [0.5, 0.6) is 0 Å². The Labute approximate surface area is 173 Å². The second-order valence-corrected chi connectivity index (χ2v) is 8.73. The van der Waals surface area contributed by atoms with Crippen LogP contribution in [-0.4, -0.2) is 50.9 Å². The van der Waals surface area contributed by atoms with Gasteiger partial charge in [-0.25, -0.2) is 0 Å². The van der Waals surface area contributed by atoms with Crippen molar-refractivity contribution in [2.24, 2.45) is 17.8 Å². The first-order valence-electron chi connectivity index (χ1n) is 10.0. The fourth-order valence-electron chi connectivity index (χ4n) is 5.24. The molecule has 0 aliphatic carbocycles. The maximum absolute atomic E-state index is 13.1. The number of nitrogens with one attached hydrogen (secondary N) is 1. The number of carbonyl (C=O) groups excluding carboxylic acids is 3. The Morgan fingerprint density at radius 3 is 2.47 bits per heavy atom. The molecule has 4 unspecified atom stereocenters. The van der Waals surface area contributed by atoms with E-state index in [0.717, 1.165) is 10.3 Å². The molecule has 1 aromatic heterocycles. The Morgan fingerprint density at radius 1 is 1.20 bits per heavy atom. The van der Waals surface area contributed by atoms with Crippen molar-refractivity contribution < 1.29 is 24.3 Å². The summed E-state index contributed by atoms with van der Waals surface area (Å²) in [5.74, 6) is -4.05. The van der Waals surface area contributed by atoms with E-state index in [4.69, 9.17) is 0 Å². The van der Waals surface area contributed by atoms with Gasteiger partial charge >= 0.3 is 5.97 Å². The molecule has 2 N–H and O–H groups in total. The first-order chi connectivity index (χ1) is 14.1. The molecule has 8 heteroatoms. The number of para-hydroxylation sites is 1. The van der Waals surface area contributed by atoms with Crippen LogP contribution in [0, 0.1) is 17.8 Å². The molecule has 3 heterocycles. The summed E-state index contributed by atoms with van der Waals surface area (Å²) in [6.07, 6.45) is 1.86. The summed E-state index contributed by atoms with van der Waals surface area (Å²) in [6, 6.07) is 6.59. The molecule has 0 spiro atoms. The van der Waals surface area contributed by atoms with Crippen LogP contribution in [0.4, 0.5) is 0 Å². The van der Waals surface area contributed by atoms with Crippen LogP contribution in [0.3, 0.4) is 0 Å². The Morgan fingerprint density at radius 2 is 1.87 bits per heavy atom. The van der Waals surface area contributed by atoms with Gasteiger partial charge in [-0.3, -0.25) is 34.0 Å². The summed E-state index contributed by atoms with van der Waals surface area (Å²) in [7, 11) is 1.40. The molecule has 2 aliphatic heterocycles. The lowest BCUT2D eigenvalue weighted by Gasteiger charge is -2.32. The van der Waals surface area contributed by atoms with Crippen molar-refractivity contribution in [2.45, 2.75) is 38.8 Å². The zero-order valence-corrected chi connectivity index (χ0v) is 17.4. The number of imide groups is 1. The van der Waals surface area contributed by atoms with E-state index in [1.165, 1.54) is 18.5 Å². The molecule has 4 rings (SSSR count). The van der Waals surface area contributed by atoms with Crippen LogP contribution in [-0.2, 0) is 14.4 Å². The van der Waals surface area contributed by atoms with Gasteiger partial charge in [0.1, 0.15) is 5.54 Å². The van der Waals surface area contributed by atoms with E-state index >= 15 is 0 Å². The van der Waals surface area contributed by atoms with E-state index in [9.17, 15) is 24.3 Å². The highest BCUT2D eigenvalue weighted by molar-refractivity contribution is 6.09. The Hall–Kier alpha value is -3.00. The molecular weight excluding hydrogens is 386 g/mol. The van der Waals surface area contributed by atoms with Gasteiger partial charge in [0.2, 0.25) is 17.7 Å². The molecule has 2 aromatic rings. The smallest absolute Gasteiger partial charge is 0.324 e. The number of benzene rings is 1. The van der Waals surface area contributed by atoms with E-state index < -0.39 is 41.2 Å². The predicted octanol–water partition coefficient (Wildman–Crippen LogP) is 2.05. The Kier molecular flexibility index (Phi) is 4.58. The SMILES string of the molecule is CC(=O)n1cc(C2NC(CC(C)C)(C(=O)O)C3C(=O)N(C)C(=O)C23)c2ccccc21. The van der Waals surface area contributed by atoms with Crippen molar-refractivity contribution in [3.8, 4) is 0 Å². The predicted molar refractivity (Wildman–Crippen MR) is 109 cm³/mol. The zero-order valence-electron chi connectivity index (χ0n) is 17.4. The van der Waals surface area contributed by atoms with Gasteiger partial charge in [0.25, 0.3) is 0 Å². The molecule has 158 valence electrons. The summed E-state index contributed by atoms with van der Waals surface area (Å²) < 4.78 is 1.50. The third-order valence-corrected chi connectivity index (χ3v) is 6.40. The van der Waals surface area contributed by atoms with Crippen LogP contribution in [0.1, 0.15) is 43.6 Å². The molecule has 1 aromatic carbocycles. The molecule has 2 saturated heterocycles. The van der Waals surface area contributed by atoms with Crippen LogP contribution >= 0.6 is 0 Å². The van der Waals surface area contributed by atoms with Crippen molar-refractivity contribution in [3.63, 3.8) is 0 Å². The maximum atomic E-state index is 13.1. The summed E-state index contributed by atoms with van der Waals surface area (Å²) >= 11 is 0. The standard InChI is InChI=1S/C22H25N3O5/c1-11(2)9-22(21(29)30)17-16(19(27)24(4)20(17)28)18(23-22)14-10-25(12(3)26)15-8-6-5-7-13(14)15/h5-8,10-11,16-18,23H,9H2,1-4H3,(H,29,30). The third-order valence-electron chi connectivity index (χ3n) is 6.40. The number of carbonyl (C=O) groups is 4. The minimum absolute atomic E-state index is 0.0135. The van der Waals surface area contributed by atoms with Crippen LogP contribution in [0.2, 0.25) is 0 Å². The normalized spacial score (nSPS) is 28.6. The summed E-state index contributed by atoms with van der Waals surface area (Å²) in [5, 5.41) is 14.2. The number of rotatable bonds is 4. The average Bonchev–Trinajstić information content (AvgIpc) is 3.29. The number of aliphatic carboxylic acids is 1. The van der Waals surface area contributed by atoms with Gasteiger partial charge in [-0.05, 0) is 24.0 Å². The van der Waals surface area contributed by atoms with Crippen LogP contribution in [0.25, 0.3) is 10.9 Å². The molecule has 0 bridgehead atoms. The van der Waals surface area contributed by atoms with Gasteiger partial charge in [0, 0.05) is 31.6 Å². The lowest BCUT2D eigenvalue weighted by Crippen LogP contribution is -2.56. The maximum Gasteiger partial charge on any atom is 0.324 e. The topological polar surface area (TPSA) is 109 Å². The molecule has 2 aliphatic rings. The van der Waals surface area contributed by atoms with E-state index in [0.29, 0.717) is 11.1 Å². The Balaban J connectivity index is 1.95. The monoisotopic (exact) mass is 411 g/mol. The highest BCUT2D eigenvalue weighted by Crippen LogP contribution is 2.51. The van der Waals surface area contributed by atoms with Gasteiger partial charge in [0.15, 0.2) is 0 Å². The number of carboxylic acid groups (broad SMARTS) is 1. The third kappa shape index (κ3) is 2.63. The van der Waals surface area contributed by atoms with E-state index in [1.54, 1.807) is 12.3 Å². The highest BCUT2D eigenvalue weighted by atomic mass is 16.4. The first kappa shape index (κ1) is 20.3. The molecule has 8 nitrogen and oxygen atoms in total. The second kappa shape index (κ2) is 6.77. The average molecular weight is 411 g/mol. The number of amides is 2. The molecule has 2 fully saturated rings. The van der Waals surface area contributed by atoms with Crippen molar-refractivity contribution >= 4 is 34.6 Å². The van der Waals surface area contributed by atoms with Crippen LogP contribution < -0.4 is 5.32 Å². The molecule has 30 heavy (non-hydrogen) atoms. The fraction of sp³-hybridized carbons (Fsp3) is 0.455. The van der Waals surface area contributed by atoms with Crippen molar-refractivity contribution in [3.05, 3.63) is 36.0 Å². The van der Waals surface area contributed by atoms with Gasteiger partial charge < -0.3 is 5.11 Å². The van der Waals surface area contributed by atoms with Gasteiger partial charge in [0.05, 0.1) is 17.4 Å². The van der Waals surface area contributed by atoms with Gasteiger partial charge in [-0.1, -0.05) is 32.0 Å². The van der Waals surface area contributed by atoms with Crippen molar-refractivity contribution in [2.75, 3.05) is 7.05 Å². The number of likely N-dealkylation sites (tertiary alicyclic amines) is 1. The first-order valence-corrected chi connectivity index (χ1v) is 10.0. The quantitative estimate of drug-likeness (QED) is 0.746. The number of hydrogen-bond acceptors (Lipinski definition) is 5. The molecular formula is C22H25N3O5. The zero-order chi connectivity index (χ0) is 22.0. The summed E-state index contributed by atoms with van der Waals surface area (Å²) in [4.78, 5) is 51.8. The van der Waals surface area contributed by atoms with Gasteiger partial charge in [-0.2, -0.15) is 0 Å². The Bertz CT molecular complexity index is 1090. The second-order valence-electron chi connectivity index (χ2n) is 8.73. The van der Waals surface area contributed by atoms with E-state index in [1.807, 2.05) is 32.0 Å². The van der Waals surface area contributed by atoms with E-state index in [-0.39, 0.29) is 18.2 Å². The fourth-order valence-corrected chi connectivity index (χ4v) is 5.24. The lowest BCUT2D eigenvalue weighted by molar-refractivity contribution is -0.151. The molecule has 4 atom stereocenters. The largest absolute Gasteiger partial charge is 0.480 e. The van der Waals surface area contributed by atoms with Gasteiger partial charge in [-0.15, -0.1) is 0 Å². The summed E-state index contributed by atoms with van der Waals surface area (Å²) in [5.41, 5.74) is -0.222. The molecule has 0 radical (unpaired) electrons. The van der Waals surface area contributed by atoms with Crippen molar-refractivity contribution in [1.29, 1.82) is 0 Å². The minimum Gasteiger partial charge on any atom is -0.480 e.